The first kappa shape index (κ1) is 20.0. The molecular weight excluding hydrogens is 356 g/mol. The van der Waals surface area contributed by atoms with Gasteiger partial charge in [-0.05, 0) is 63.1 Å². The maximum atomic E-state index is 13.2. The summed E-state index contributed by atoms with van der Waals surface area (Å²) in [5.74, 6) is -0.485. The number of aromatic nitrogens is 2. The van der Waals surface area contributed by atoms with Crippen molar-refractivity contribution in [3.8, 4) is 0 Å². The minimum absolute atomic E-state index is 0.104. The van der Waals surface area contributed by atoms with E-state index in [-0.39, 0.29) is 17.6 Å². The van der Waals surface area contributed by atoms with Crippen molar-refractivity contribution in [2.24, 2.45) is 5.41 Å². The van der Waals surface area contributed by atoms with Crippen molar-refractivity contribution in [3.63, 3.8) is 0 Å². The van der Waals surface area contributed by atoms with E-state index in [2.05, 4.69) is 22.2 Å². The molecule has 0 bridgehead atoms. The highest BCUT2D eigenvalue weighted by Crippen LogP contribution is 2.47. The highest BCUT2D eigenvalue weighted by atomic mass is 16.3. The van der Waals surface area contributed by atoms with Gasteiger partial charge in [0.05, 0.1) is 6.20 Å². The van der Waals surface area contributed by atoms with Crippen molar-refractivity contribution in [2.45, 2.75) is 58.5 Å². The van der Waals surface area contributed by atoms with Crippen LogP contribution >= 0.6 is 0 Å². The molecule has 7 nitrogen and oxygen atoms in total. The zero-order valence-electron chi connectivity index (χ0n) is 16.9. The third-order valence-corrected chi connectivity index (χ3v) is 5.24. The van der Waals surface area contributed by atoms with Gasteiger partial charge in [-0.1, -0.05) is 6.92 Å². The molecule has 150 valence electrons. The van der Waals surface area contributed by atoms with Gasteiger partial charge in [-0.3, -0.25) is 14.6 Å². The van der Waals surface area contributed by atoms with Gasteiger partial charge >= 0.3 is 0 Å². The van der Waals surface area contributed by atoms with Crippen molar-refractivity contribution in [3.05, 3.63) is 48.4 Å². The Kier molecular flexibility index (Phi) is 5.54. The lowest BCUT2D eigenvalue weighted by molar-refractivity contribution is -0.127. The molecule has 0 aliphatic heterocycles. The fourth-order valence-corrected chi connectivity index (χ4v) is 3.26. The molecule has 1 aliphatic rings. The molecule has 2 amide bonds. The molecule has 2 aromatic rings. The smallest absolute Gasteiger partial charge is 0.292 e. The normalized spacial score (nSPS) is 16.3. The Morgan fingerprint density at radius 3 is 2.46 bits per heavy atom. The van der Waals surface area contributed by atoms with E-state index in [0.29, 0.717) is 17.5 Å². The van der Waals surface area contributed by atoms with Gasteiger partial charge in [-0.2, -0.15) is 0 Å². The molecule has 1 fully saturated rings. The number of hydrogen-bond donors (Lipinski definition) is 1. The number of nitrogens with one attached hydrogen (secondary N) is 1. The number of amides is 2. The van der Waals surface area contributed by atoms with Gasteiger partial charge in [-0.25, -0.2) is 4.98 Å². The van der Waals surface area contributed by atoms with Crippen LogP contribution in [0, 0.1) is 5.41 Å². The Morgan fingerprint density at radius 1 is 1.25 bits per heavy atom. The molecule has 1 atom stereocenters. The summed E-state index contributed by atoms with van der Waals surface area (Å²) in [6.07, 6.45) is 9.18. The Bertz CT molecular complexity index is 808. The zero-order chi connectivity index (χ0) is 20.4. The van der Waals surface area contributed by atoms with E-state index in [4.69, 9.17) is 4.42 Å². The van der Waals surface area contributed by atoms with E-state index in [0.717, 1.165) is 6.42 Å². The monoisotopic (exact) mass is 384 g/mol. The van der Waals surface area contributed by atoms with E-state index in [1.54, 1.807) is 29.4 Å². The Morgan fingerprint density at radius 2 is 1.93 bits per heavy atom. The number of carbonyl (C=O) groups excluding carboxylic acids is 2. The fourth-order valence-electron chi connectivity index (χ4n) is 3.26. The highest BCUT2D eigenvalue weighted by Gasteiger charge is 2.41. The quantitative estimate of drug-likeness (QED) is 0.791. The second kappa shape index (κ2) is 7.73. The molecule has 1 N–H and O–H groups in total. The molecule has 2 aromatic heterocycles. The first-order valence-electron chi connectivity index (χ1n) is 9.61. The molecule has 7 heteroatoms. The van der Waals surface area contributed by atoms with Crippen LogP contribution in [-0.2, 0) is 4.79 Å². The largest absolute Gasteiger partial charge is 0.438 e. The molecule has 0 saturated heterocycles. The SMILES string of the molecule is CC1(CCNC(=O)C(c2ccncc2)N(C(=O)c2cnco2)C(C)(C)C)CC1. The zero-order valence-corrected chi connectivity index (χ0v) is 16.9. The molecule has 28 heavy (non-hydrogen) atoms. The summed E-state index contributed by atoms with van der Waals surface area (Å²) < 4.78 is 5.22. The van der Waals surface area contributed by atoms with Gasteiger partial charge in [0.15, 0.2) is 6.39 Å². The van der Waals surface area contributed by atoms with Crippen LogP contribution in [0.2, 0.25) is 0 Å². The van der Waals surface area contributed by atoms with Crippen LogP contribution in [0.5, 0.6) is 0 Å². The summed E-state index contributed by atoms with van der Waals surface area (Å²) in [6.45, 7) is 8.51. The minimum Gasteiger partial charge on any atom is -0.438 e. The Balaban J connectivity index is 1.90. The van der Waals surface area contributed by atoms with Gasteiger partial charge in [-0.15, -0.1) is 0 Å². The Hall–Kier alpha value is -2.70. The molecule has 0 spiro atoms. The standard InChI is InChI=1S/C21H28N4O3/c1-20(2,3)25(19(27)16-13-23-14-28-16)17(15-5-10-22-11-6-15)18(26)24-12-9-21(4)7-8-21/h5-6,10-11,13-14,17H,7-9,12H2,1-4H3,(H,24,26). The number of hydrogen-bond acceptors (Lipinski definition) is 5. The van der Waals surface area contributed by atoms with E-state index < -0.39 is 11.6 Å². The van der Waals surface area contributed by atoms with E-state index in [1.165, 1.54) is 25.4 Å². The number of pyridine rings is 1. The van der Waals surface area contributed by atoms with Crippen molar-refractivity contribution >= 4 is 11.8 Å². The molecule has 2 heterocycles. The first-order valence-corrected chi connectivity index (χ1v) is 9.61. The van der Waals surface area contributed by atoms with E-state index >= 15 is 0 Å². The van der Waals surface area contributed by atoms with Crippen LogP contribution in [-0.4, -0.2) is 38.8 Å². The van der Waals surface area contributed by atoms with Gasteiger partial charge in [0.25, 0.3) is 5.91 Å². The molecule has 1 saturated carbocycles. The second-order valence-electron chi connectivity index (χ2n) is 8.75. The number of nitrogens with zero attached hydrogens (tertiary/aromatic N) is 3. The molecule has 1 unspecified atom stereocenters. The second-order valence-corrected chi connectivity index (χ2v) is 8.75. The van der Waals surface area contributed by atoms with Crippen molar-refractivity contribution in [1.82, 2.24) is 20.2 Å². The third kappa shape index (κ3) is 4.58. The third-order valence-electron chi connectivity index (χ3n) is 5.24. The van der Waals surface area contributed by atoms with E-state index in [1.807, 2.05) is 20.8 Å². The van der Waals surface area contributed by atoms with Crippen molar-refractivity contribution in [1.29, 1.82) is 0 Å². The first-order chi connectivity index (χ1) is 13.2. The maximum absolute atomic E-state index is 13.2. The molecule has 1 aliphatic carbocycles. The van der Waals surface area contributed by atoms with Crippen LogP contribution in [0.25, 0.3) is 0 Å². The molecular formula is C21H28N4O3. The van der Waals surface area contributed by atoms with Gasteiger partial charge in [0.1, 0.15) is 6.04 Å². The highest BCUT2D eigenvalue weighted by molar-refractivity contribution is 5.96. The summed E-state index contributed by atoms with van der Waals surface area (Å²) in [6, 6.07) is 2.73. The average molecular weight is 384 g/mol. The number of rotatable bonds is 7. The summed E-state index contributed by atoms with van der Waals surface area (Å²) in [5.41, 5.74) is 0.420. The van der Waals surface area contributed by atoms with Crippen molar-refractivity contribution in [2.75, 3.05) is 6.54 Å². The Labute approximate surface area is 165 Å². The minimum atomic E-state index is -0.799. The van der Waals surface area contributed by atoms with Crippen molar-refractivity contribution < 1.29 is 14.0 Å². The van der Waals surface area contributed by atoms with Crippen LogP contribution < -0.4 is 5.32 Å². The lowest BCUT2D eigenvalue weighted by Gasteiger charge is -2.40. The molecule has 3 rings (SSSR count). The van der Waals surface area contributed by atoms with Gasteiger partial charge in [0, 0.05) is 24.5 Å². The van der Waals surface area contributed by atoms with Crippen LogP contribution in [0.1, 0.15) is 69.1 Å². The predicted octanol–water partition coefficient (Wildman–Crippen LogP) is 3.36. The summed E-state index contributed by atoms with van der Waals surface area (Å²) in [5, 5.41) is 3.03. The lowest BCUT2D eigenvalue weighted by atomic mass is 9.96. The predicted molar refractivity (Wildman–Crippen MR) is 104 cm³/mol. The average Bonchev–Trinajstić information content (AvgIpc) is 3.14. The van der Waals surface area contributed by atoms with E-state index in [9.17, 15) is 9.59 Å². The summed E-state index contributed by atoms with van der Waals surface area (Å²) in [4.78, 5) is 35.9. The summed E-state index contributed by atoms with van der Waals surface area (Å²) in [7, 11) is 0. The molecule has 0 aromatic carbocycles. The topological polar surface area (TPSA) is 88.3 Å². The van der Waals surface area contributed by atoms with Crippen LogP contribution in [0.3, 0.4) is 0 Å². The fraction of sp³-hybridized carbons (Fsp3) is 0.524. The number of carbonyl (C=O) groups is 2. The van der Waals surface area contributed by atoms with Crippen LogP contribution in [0.15, 0.2) is 41.5 Å². The van der Waals surface area contributed by atoms with Gasteiger partial charge < -0.3 is 14.6 Å². The maximum Gasteiger partial charge on any atom is 0.292 e. The van der Waals surface area contributed by atoms with Crippen LogP contribution in [0.4, 0.5) is 0 Å². The summed E-state index contributed by atoms with van der Waals surface area (Å²) >= 11 is 0. The number of oxazole rings is 1. The molecule has 0 radical (unpaired) electrons. The van der Waals surface area contributed by atoms with Gasteiger partial charge in [0.2, 0.25) is 11.7 Å². The lowest BCUT2D eigenvalue weighted by Crippen LogP contribution is -2.52.